The first-order chi connectivity index (χ1) is 12.7. The summed E-state index contributed by atoms with van der Waals surface area (Å²) >= 11 is 0. The molecular weight excluding hydrogens is 333 g/mol. The van der Waals surface area contributed by atoms with Crippen molar-refractivity contribution in [2.45, 2.75) is 31.6 Å². The van der Waals surface area contributed by atoms with E-state index >= 15 is 0 Å². The molecule has 0 bridgehead atoms. The summed E-state index contributed by atoms with van der Waals surface area (Å²) in [5, 5.41) is 10.4. The Morgan fingerprint density at radius 3 is 2.65 bits per heavy atom. The Labute approximate surface area is 154 Å². The molecule has 4 nitrogen and oxygen atoms in total. The van der Waals surface area contributed by atoms with Crippen molar-refractivity contribution >= 4 is 0 Å². The Balaban J connectivity index is 1.57. The average Bonchev–Trinajstić information content (AvgIpc) is 3.16. The molecule has 0 spiro atoms. The molecule has 1 heterocycles. The van der Waals surface area contributed by atoms with Gasteiger partial charge in [-0.15, -0.1) is 0 Å². The zero-order valence-corrected chi connectivity index (χ0v) is 14.9. The summed E-state index contributed by atoms with van der Waals surface area (Å²) < 4.78 is 25.4. The fraction of sp³-hybridized carbons (Fsp3) is 0.429. The molecule has 0 saturated carbocycles. The van der Waals surface area contributed by atoms with Crippen LogP contribution in [0.5, 0.6) is 5.75 Å². The van der Waals surface area contributed by atoms with E-state index in [1.807, 2.05) is 41.3 Å². The van der Waals surface area contributed by atoms with Gasteiger partial charge in [0.15, 0.2) is 0 Å². The Hall–Kier alpha value is -1.95. The zero-order valence-electron chi connectivity index (χ0n) is 14.9. The number of aliphatic hydroxyl groups is 1. The van der Waals surface area contributed by atoms with E-state index in [2.05, 4.69) is 0 Å². The fourth-order valence-corrected chi connectivity index (χ4v) is 3.21. The lowest BCUT2D eigenvalue weighted by molar-refractivity contribution is 0.0310. The number of hydrogen-bond donors (Lipinski definition) is 1. The highest BCUT2D eigenvalue weighted by Crippen LogP contribution is 2.17. The van der Waals surface area contributed by atoms with Crippen LogP contribution in [0.1, 0.15) is 18.4 Å². The van der Waals surface area contributed by atoms with Crippen molar-refractivity contribution in [2.24, 2.45) is 0 Å². The van der Waals surface area contributed by atoms with Crippen molar-refractivity contribution < 1.29 is 19.0 Å². The maximum Gasteiger partial charge on any atom is 0.127 e. The van der Waals surface area contributed by atoms with Crippen LogP contribution >= 0.6 is 0 Å². The highest BCUT2D eigenvalue weighted by atomic mass is 19.1. The van der Waals surface area contributed by atoms with Gasteiger partial charge in [0.2, 0.25) is 0 Å². The van der Waals surface area contributed by atoms with Crippen molar-refractivity contribution in [1.82, 2.24) is 4.90 Å². The van der Waals surface area contributed by atoms with Gasteiger partial charge in [0, 0.05) is 31.8 Å². The summed E-state index contributed by atoms with van der Waals surface area (Å²) in [6.45, 7) is 2.49. The van der Waals surface area contributed by atoms with E-state index in [0.717, 1.165) is 25.2 Å². The lowest BCUT2D eigenvalue weighted by Gasteiger charge is -2.27. The minimum absolute atomic E-state index is 0.143. The van der Waals surface area contributed by atoms with Crippen molar-refractivity contribution in [3.63, 3.8) is 0 Å². The highest BCUT2D eigenvalue weighted by molar-refractivity contribution is 5.21. The molecule has 0 radical (unpaired) electrons. The number of rotatable bonds is 9. The molecule has 2 aromatic carbocycles. The number of para-hydroxylation sites is 1. The van der Waals surface area contributed by atoms with E-state index in [1.165, 1.54) is 6.07 Å². The van der Waals surface area contributed by atoms with Gasteiger partial charge in [0.25, 0.3) is 0 Å². The fourth-order valence-electron chi connectivity index (χ4n) is 3.21. The van der Waals surface area contributed by atoms with Crippen LogP contribution in [0.25, 0.3) is 0 Å². The van der Waals surface area contributed by atoms with Crippen molar-refractivity contribution in [1.29, 1.82) is 0 Å². The number of aliphatic hydroxyl groups excluding tert-OH is 1. The molecule has 3 rings (SSSR count). The van der Waals surface area contributed by atoms with Crippen LogP contribution in [0.3, 0.4) is 0 Å². The van der Waals surface area contributed by atoms with Gasteiger partial charge in [-0.1, -0.05) is 36.4 Å². The molecule has 1 saturated heterocycles. The molecule has 0 aromatic heterocycles. The van der Waals surface area contributed by atoms with Gasteiger partial charge in [-0.3, -0.25) is 4.90 Å². The van der Waals surface area contributed by atoms with E-state index in [9.17, 15) is 9.50 Å². The van der Waals surface area contributed by atoms with E-state index in [1.54, 1.807) is 12.1 Å². The van der Waals surface area contributed by atoms with Crippen molar-refractivity contribution in [3.05, 3.63) is 66.0 Å². The van der Waals surface area contributed by atoms with Gasteiger partial charge in [0.1, 0.15) is 24.3 Å². The van der Waals surface area contributed by atoms with Crippen LogP contribution in [-0.2, 0) is 11.3 Å². The maximum atomic E-state index is 14.0. The van der Waals surface area contributed by atoms with Gasteiger partial charge in [-0.05, 0) is 31.0 Å². The molecule has 2 aromatic rings. The zero-order chi connectivity index (χ0) is 18.2. The standard InChI is InChI=1S/C21H26FNO3/c22-21-11-5-4-7-17(21)13-23(15-20-10-6-12-25-20)14-18(24)16-26-19-8-2-1-3-9-19/h1-5,7-9,11,18,20,24H,6,10,12-16H2/t18-,20+/m1/s1. The summed E-state index contributed by atoms with van der Waals surface area (Å²) in [4.78, 5) is 2.05. The third-order valence-electron chi connectivity index (χ3n) is 4.49. The second kappa shape index (κ2) is 9.67. The predicted octanol–water partition coefficient (Wildman–Crippen LogP) is 3.25. The van der Waals surface area contributed by atoms with E-state index in [0.29, 0.717) is 25.2 Å². The quantitative estimate of drug-likeness (QED) is 0.746. The Morgan fingerprint density at radius 1 is 1.15 bits per heavy atom. The molecule has 5 heteroatoms. The minimum Gasteiger partial charge on any atom is -0.491 e. The van der Waals surface area contributed by atoms with Gasteiger partial charge < -0.3 is 14.6 Å². The average molecular weight is 359 g/mol. The molecule has 0 aliphatic carbocycles. The Morgan fingerprint density at radius 2 is 1.92 bits per heavy atom. The molecule has 1 aliphatic rings. The summed E-state index contributed by atoms with van der Waals surface area (Å²) in [6, 6.07) is 16.2. The van der Waals surface area contributed by atoms with E-state index in [4.69, 9.17) is 9.47 Å². The lowest BCUT2D eigenvalue weighted by Crippen LogP contribution is -2.39. The number of nitrogens with zero attached hydrogens (tertiary/aromatic N) is 1. The first kappa shape index (κ1) is 18.8. The topological polar surface area (TPSA) is 41.9 Å². The molecular formula is C21H26FNO3. The van der Waals surface area contributed by atoms with Crippen LogP contribution in [0.2, 0.25) is 0 Å². The SMILES string of the molecule is O[C@@H](COc1ccccc1)CN(Cc1ccccc1F)C[C@@H]1CCCO1. The van der Waals surface area contributed by atoms with Crippen LogP contribution < -0.4 is 4.74 Å². The summed E-state index contributed by atoms with van der Waals surface area (Å²) in [5.41, 5.74) is 0.627. The van der Waals surface area contributed by atoms with Gasteiger partial charge >= 0.3 is 0 Å². The number of hydrogen-bond acceptors (Lipinski definition) is 4. The normalized spacial score (nSPS) is 18.2. The van der Waals surface area contributed by atoms with Crippen LogP contribution in [-0.4, -0.2) is 48.5 Å². The van der Waals surface area contributed by atoms with Gasteiger partial charge in [0.05, 0.1) is 6.10 Å². The van der Waals surface area contributed by atoms with Crippen molar-refractivity contribution in [3.8, 4) is 5.75 Å². The molecule has 26 heavy (non-hydrogen) atoms. The van der Waals surface area contributed by atoms with Crippen LogP contribution in [0.15, 0.2) is 54.6 Å². The first-order valence-corrected chi connectivity index (χ1v) is 9.14. The molecule has 1 fully saturated rings. The third kappa shape index (κ3) is 5.80. The lowest BCUT2D eigenvalue weighted by atomic mass is 10.1. The second-order valence-corrected chi connectivity index (χ2v) is 6.70. The largest absolute Gasteiger partial charge is 0.491 e. The predicted molar refractivity (Wildman–Crippen MR) is 98.6 cm³/mol. The van der Waals surface area contributed by atoms with Gasteiger partial charge in [-0.25, -0.2) is 4.39 Å². The van der Waals surface area contributed by atoms with Gasteiger partial charge in [-0.2, -0.15) is 0 Å². The number of ether oxygens (including phenoxy) is 2. The molecule has 2 atom stereocenters. The summed E-state index contributed by atoms with van der Waals surface area (Å²) in [5.74, 6) is 0.506. The van der Waals surface area contributed by atoms with Crippen LogP contribution in [0.4, 0.5) is 4.39 Å². The van der Waals surface area contributed by atoms with Crippen molar-refractivity contribution in [2.75, 3.05) is 26.3 Å². The molecule has 1 aliphatic heterocycles. The summed E-state index contributed by atoms with van der Waals surface area (Å²) in [7, 11) is 0. The number of halogens is 1. The third-order valence-corrected chi connectivity index (χ3v) is 4.49. The minimum atomic E-state index is -0.664. The molecule has 1 N–H and O–H groups in total. The Bertz CT molecular complexity index is 661. The maximum absolute atomic E-state index is 14.0. The van der Waals surface area contributed by atoms with Crippen LogP contribution in [0, 0.1) is 5.82 Å². The smallest absolute Gasteiger partial charge is 0.127 e. The monoisotopic (exact) mass is 359 g/mol. The van der Waals surface area contributed by atoms with E-state index in [-0.39, 0.29) is 18.5 Å². The molecule has 0 unspecified atom stereocenters. The second-order valence-electron chi connectivity index (χ2n) is 6.70. The summed E-state index contributed by atoms with van der Waals surface area (Å²) in [6.07, 6.45) is 1.54. The Kier molecular flexibility index (Phi) is 7.00. The highest BCUT2D eigenvalue weighted by Gasteiger charge is 2.22. The molecule has 0 amide bonds. The first-order valence-electron chi connectivity index (χ1n) is 9.14. The number of benzene rings is 2. The molecule has 140 valence electrons. The van der Waals surface area contributed by atoms with E-state index < -0.39 is 6.10 Å².